The van der Waals surface area contributed by atoms with Crippen LogP contribution < -0.4 is 4.74 Å². The molecule has 0 atom stereocenters. The van der Waals surface area contributed by atoms with Gasteiger partial charge >= 0.3 is 5.97 Å². The summed E-state index contributed by atoms with van der Waals surface area (Å²) in [7, 11) is -3.23. The summed E-state index contributed by atoms with van der Waals surface area (Å²) >= 11 is 0. The highest BCUT2D eigenvalue weighted by Crippen LogP contribution is 2.16. The minimum absolute atomic E-state index is 0.0720. The van der Waals surface area contributed by atoms with Crippen molar-refractivity contribution in [1.82, 2.24) is 0 Å². The van der Waals surface area contributed by atoms with Crippen LogP contribution in [0.15, 0.2) is 41.3 Å². The first kappa shape index (κ1) is 13.2. The van der Waals surface area contributed by atoms with Crippen LogP contribution in [0.25, 0.3) is 0 Å². The summed E-state index contributed by atoms with van der Waals surface area (Å²) in [6.07, 6.45) is 1.11. The lowest BCUT2D eigenvalue weighted by atomic mass is 10.3. The van der Waals surface area contributed by atoms with Crippen LogP contribution in [-0.2, 0) is 14.6 Å². The van der Waals surface area contributed by atoms with Crippen LogP contribution in [0.3, 0.4) is 0 Å². The van der Waals surface area contributed by atoms with Crippen molar-refractivity contribution in [2.24, 2.45) is 0 Å². The largest absolute Gasteiger partial charge is 0.489 e. The van der Waals surface area contributed by atoms with Crippen molar-refractivity contribution < 1.29 is 23.1 Å². The van der Waals surface area contributed by atoms with E-state index in [1.54, 1.807) is 0 Å². The monoisotopic (exact) mass is 256 g/mol. The van der Waals surface area contributed by atoms with Gasteiger partial charge in [-0.05, 0) is 24.3 Å². The van der Waals surface area contributed by atoms with Crippen molar-refractivity contribution in [2.45, 2.75) is 4.90 Å². The Kier molecular flexibility index (Phi) is 3.90. The highest BCUT2D eigenvalue weighted by molar-refractivity contribution is 7.90. The second-order valence-corrected chi connectivity index (χ2v) is 5.46. The molecule has 0 saturated heterocycles. The van der Waals surface area contributed by atoms with Crippen LogP contribution in [0.1, 0.15) is 0 Å². The van der Waals surface area contributed by atoms with Gasteiger partial charge in [0.2, 0.25) is 0 Å². The molecule has 0 unspecified atom stereocenters. The van der Waals surface area contributed by atoms with Gasteiger partial charge in [-0.3, -0.25) is 0 Å². The molecular weight excluding hydrogens is 244 g/mol. The van der Waals surface area contributed by atoms with E-state index < -0.39 is 15.8 Å². The van der Waals surface area contributed by atoms with Crippen molar-refractivity contribution in [3.05, 3.63) is 36.4 Å². The lowest BCUT2D eigenvalue weighted by Gasteiger charge is -2.06. The van der Waals surface area contributed by atoms with Gasteiger partial charge in [-0.25, -0.2) is 13.2 Å². The van der Waals surface area contributed by atoms with Crippen molar-refractivity contribution >= 4 is 15.8 Å². The Morgan fingerprint density at radius 2 is 1.88 bits per heavy atom. The number of sulfone groups is 1. The van der Waals surface area contributed by atoms with Gasteiger partial charge in [0.25, 0.3) is 0 Å². The number of hydrogen-bond acceptors (Lipinski definition) is 4. The second kappa shape index (κ2) is 5.01. The predicted molar refractivity (Wildman–Crippen MR) is 61.8 cm³/mol. The molecule has 0 radical (unpaired) electrons. The van der Waals surface area contributed by atoms with E-state index >= 15 is 0 Å². The zero-order valence-corrected chi connectivity index (χ0v) is 10.0. The number of aliphatic carboxylic acids is 1. The van der Waals surface area contributed by atoms with Crippen LogP contribution in [0.2, 0.25) is 0 Å². The number of carboxylic acids is 1. The van der Waals surface area contributed by atoms with E-state index in [2.05, 4.69) is 6.58 Å². The fourth-order valence-corrected chi connectivity index (χ4v) is 1.65. The maximum absolute atomic E-state index is 11.2. The number of carbonyl (C=O) groups is 1. The van der Waals surface area contributed by atoms with E-state index in [1.165, 1.54) is 24.3 Å². The van der Waals surface area contributed by atoms with Gasteiger partial charge in [-0.1, -0.05) is 6.58 Å². The Morgan fingerprint density at radius 1 is 1.35 bits per heavy atom. The highest BCUT2D eigenvalue weighted by Gasteiger charge is 2.08. The molecule has 0 fully saturated rings. The first-order valence-corrected chi connectivity index (χ1v) is 6.54. The summed E-state index contributed by atoms with van der Waals surface area (Å²) in [5.74, 6) is -0.738. The molecule has 5 nitrogen and oxygen atoms in total. The maximum Gasteiger partial charge on any atom is 0.334 e. The molecule has 0 amide bonds. The third-order valence-corrected chi connectivity index (χ3v) is 3.10. The normalized spacial score (nSPS) is 10.9. The molecule has 0 aliphatic carbocycles. The second-order valence-electron chi connectivity index (χ2n) is 3.44. The van der Waals surface area contributed by atoms with Crippen molar-refractivity contribution in [2.75, 3.05) is 12.9 Å². The summed E-state index contributed by atoms with van der Waals surface area (Å²) in [6.45, 7) is 3.16. The first-order chi connectivity index (χ1) is 7.80. The zero-order valence-electron chi connectivity index (χ0n) is 9.21. The minimum atomic E-state index is -3.23. The average Bonchev–Trinajstić information content (AvgIpc) is 2.25. The Morgan fingerprint density at radius 3 is 2.29 bits per heavy atom. The topological polar surface area (TPSA) is 80.7 Å². The van der Waals surface area contributed by atoms with Gasteiger partial charge in [0.1, 0.15) is 12.4 Å². The summed E-state index contributed by atoms with van der Waals surface area (Å²) in [4.78, 5) is 10.6. The molecule has 0 aliphatic rings. The summed E-state index contributed by atoms with van der Waals surface area (Å²) in [5, 5.41) is 8.55. The lowest BCUT2D eigenvalue weighted by molar-refractivity contribution is -0.133. The summed E-state index contributed by atoms with van der Waals surface area (Å²) in [6, 6.07) is 5.72. The van der Waals surface area contributed by atoms with Crippen molar-refractivity contribution in [3.8, 4) is 5.75 Å². The van der Waals surface area contributed by atoms with Crippen LogP contribution in [-0.4, -0.2) is 32.4 Å². The van der Waals surface area contributed by atoms with E-state index in [-0.39, 0.29) is 17.1 Å². The van der Waals surface area contributed by atoms with Crippen LogP contribution >= 0.6 is 0 Å². The molecule has 17 heavy (non-hydrogen) atoms. The maximum atomic E-state index is 11.2. The van der Waals surface area contributed by atoms with Crippen molar-refractivity contribution in [1.29, 1.82) is 0 Å². The fraction of sp³-hybridized carbons (Fsp3) is 0.182. The van der Waals surface area contributed by atoms with Crippen LogP contribution in [0.4, 0.5) is 0 Å². The van der Waals surface area contributed by atoms with Gasteiger partial charge < -0.3 is 9.84 Å². The molecule has 0 bridgehead atoms. The SMILES string of the molecule is C=C(COc1ccc(S(C)(=O)=O)cc1)C(=O)O. The Bertz CT molecular complexity index is 527. The van der Waals surface area contributed by atoms with E-state index in [9.17, 15) is 13.2 Å². The number of rotatable bonds is 5. The molecule has 92 valence electrons. The summed E-state index contributed by atoms with van der Waals surface area (Å²) in [5.41, 5.74) is -0.0720. The summed E-state index contributed by atoms with van der Waals surface area (Å²) < 4.78 is 27.5. The Balaban J connectivity index is 2.70. The molecule has 1 N–H and O–H groups in total. The number of carboxylic acid groups (broad SMARTS) is 1. The fourth-order valence-electron chi connectivity index (χ4n) is 1.02. The molecule has 6 heteroatoms. The van der Waals surface area contributed by atoms with Crippen molar-refractivity contribution in [3.63, 3.8) is 0 Å². The minimum Gasteiger partial charge on any atom is -0.489 e. The molecule has 0 heterocycles. The quantitative estimate of drug-likeness (QED) is 0.798. The number of hydrogen-bond donors (Lipinski definition) is 1. The molecular formula is C11H12O5S. The van der Waals surface area contributed by atoms with E-state index in [0.717, 1.165) is 6.26 Å². The standard InChI is InChI=1S/C11H12O5S/c1-8(11(12)13)7-16-9-3-5-10(6-4-9)17(2,14)15/h3-6H,1,7H2,2H3,(H,12,13). The zero-order chi connectivity index (χ0) is 13.1. The van der Waals surface area contributed by atoms with E-state index in [1.807, 2.05) is 0 Å². The average molecular weight is 256 g/mol. The van der Waals surface area contributed by atoms with Crippen LogP contribution in [0, 0.1) is 0 Å². The molecule has 0 saturated carbocycles. The van der Waals surface area contributed by atoms with Gasteiger partial charge in [-0.15, -0.1) is 0 Å². The van der Waals surface area contributed by atoms with Gasteiger partial charge in [0.15, 0.2) is 9.84 Å². The molecule has 1 aromatic rings. The Hall–Kier alpha value is -1.82. The number of benzene rings is 1. The van der Waals surface area contributed by atoms with E-state index in [4.69, 9.17) is 9.84 Å². The molecule has 0 spiro atoms. The first-order valence-electron chi connectivity index (χ1n) is 4.64. The lowest BCUT2D eigenvalue weighted by Crippen LogP contribution is -2.08. The van der Waals surface area contributed by atoms with Crippen LogP contribution in [0.5, 0.6) is 5.75 Å². The highest BCUT2D eigenvalue weighted by atomic mass is 32.2. The molecule has 0 aromatic heterocycles. The van der Waals surface area contributed by atoms with Gasteiger partial charge in [-0.2, -0.15) is 0 Å². The Labute approximate surface area is 99.3 Å². The third-order valence-electron chi connectivity index (χ3n) is 1.97. The molecule has 1 rings (SSSR count). The van der Waals surface area contributed by atoms with E-state index in [0.29, 0.717) is 5.75 Å². The third kappa shape index (κ3) is 3.92. The van der Waals surface area contributed by atoms with Gasteiger partial charge in [0, 0.05) is 6.26 Å². The predicted octanol–water partition coefficient (Wildman–Crippen LogP) is 1.11. The smallest absolute Gasteiger partial charge is 0.334 e. The molecule has 0 aliphatic heterocycles. The van der Waals surface area contributed by atoms with Gasteiger partial charge in [0.05, 0.1) is 10.5 Å². The molecule has 1 aromatic carbocycles. The number of ether oxygens (including phenoxy) is 1.